The summed E-state index contributed by atoms with van der Waals surface area (Å²) in [5.74, 6) is -0.135. The maximum absolute atomic E-state index is 11.8. The first kappa shape index (κ1) is 17.3. The van der Waals surface area contributed by atoms with E-state index >= 15 is 0 Å². The summed E-state index contributed by atoms with van der Waals surface area (Å²) in [6.07, 6.45) is 10.8. The van der Waals surface area contributed by atoms with Crippen LogP contribution in [0.1, 0.15) is 51.5 Å². The highest BCUT2D eigenvalue weighted by Crippen LogP contribution is 2.61. The molecule has 2 aliphatic rings. The first-order valence-corrected chi connectivity index (χ1v) is 9.00. The van der Waals surface area contributed by atoms with Crippen LogP contribution in [-0.2, 0) is 11.2 Å². The molecule has 4 atom stereocenters. The van der Waals surface area contributed by atoms with Gasteiger partial charge in [0.25, 0.3) is 0 Å². The van der Waals surface area contributed by atoms with Crippen LogP contribution in [0.3, 0.4) is 0 Å². The minimum absolute atomic E-state index is 0.0210. The lowest BCUT2D eigenvalue weighted by Crippen LogP contribution is -2.54. The highest BCUT2D eigenvalue weighted by molar-refractivity contribution is 5.88. The lowest BCUT2D eigenvalue weighted by molar-refractivity contribution is -0.139. The van der Waals surface area contributed by atoms with Crippen LogP contribution in [0.5, 0.6) is 0 Å². The molecule has 3 rings (SSSR count). The quantitative estimate of drug-likeness (QED) is 0.853. The summed E-state index contributed by atoms with van der Waals surface area (Å²) < 4.78 is 5.18. The van der Waals surface area contributed by atoms with Crippen LogP contribution in [0, 0.1) is 22.7 Å². The summed E-state index contributed by atoms with van der Waals surface area (Å²) in [7, 11) is 0. The highest BCUT2D eigenvalue weighted by atomic mass is 16.4. The number of aliphatic hydroxyl groups is 1. The van der Waals surface area contributed by atoms with Gasteiger partial charge in [0.2, 0.25) is 0 Å². The maximum atomic E-state index is 11.8. The normalized spacial score (nSPS) is 36.0. The molecule has 2 N–H and O–H groups in total. The third-order valence-electron chi connectivity index (χ3n) is 7.00. The van der Waals surface area contributed by atoms with Crippen molar-refractivity contribution in [3.63, 3.8) is 0 Å². The van der Waals surface area contributed by atoms with Gasteiger partial charge in [0.1, 0.15) is 0 Å². The van der Waals surface area contributed by atoms with Crippen LogP contribution in [-0.4, -0.2) is 22.8 Å². The first-order valence-electron chi connectivity index (χ1n) is 9.00. The van der Waals surface area contributed by atoms with E-state index in [0.717, 1.165) is 38.5 Å². The Kier molecular flexibility index (Phi) is 4.60. The van der Waals surface area contributed by atoms with Gasteiger partial charge in [-0.1, -0.05) is 19.9 Å². The van der Waals surface area contributed by atoms with Crippen molar-refractivity contribution in [1.82, 2.24) is 0 Å². The number of carboxylic acids is 1. The van der Waals surface area contributed by atoms with Gasteiger partial charge in [-0.15, -0.1) is 0 Å². The number of rotatable bonds is 5. The van der Waals surface area contributed by atoms with Crippen molar-refractivity contribution in [3.05, 3.63) is 35.8 Å². The van der Waals surface area contributed by atoms with Gasteiger partial charge >= 0.3 is 5.97 Å². The van der Waals surface area contributed by atoms with E-state index in [0.29, 0.717) is 11.5 Å². The van der Waals surface area contributed by atoms with Gasteiger partial charge in [0.05, 0.1) is 19.1 Å². The first-order chi connectivity index (χ1) is 11.4. The van der Waals surface area contributed by atoms with Gasteiger partial charge in [-0.05, 0) is 67.4 Å². The predicted molar refractivity (Wildman–Crippen MR) is 91.5 cm³/mol. The molecular formula is C20H28O4. The molecule has 1 saturated carbocycles. The smallest absolute Gasteiger partial charge is 0.331 e. The molecule has 24 heavy (non-hydrogen) atoms. The van der Waals surface area contributed by atoms with Crippen molar-refractivity contribution in [1.29, 1.82) is 0 Å². The van der Waals surface area contributed by atoms with Crippen molar-refractivity contribution in [2.24, 2.45) is 22.7 Å². The lowest BCUT2D eigenvalue weighted by Gasteiger charge is -2.58. The number of aryl methyl sites for hydroxylation is 1. The Balaban J connectivity index is 1.93. The molecular weight excluding hydrogens is 304 g/mol. The van der Waals surface area contributed by atoms with Gasteiger partial charge < -0.3 is 14.6 Å². The summed E-state index contributed by atoms with van der Waals surface area (Å²) in [6.45, 7) is 4.52. The third kappa shape index (κ3) is 2.61. The molecule has 0 bridgehead atoms. The Bertz CT molecular complexity index is 618. The van der Waals surface area contributed by atoms with E-state index in [1.54, 1.807) is 12.5 Å². The molecule has 0 aliphatic heterocycles. The number of carbonyl (C=O) groups is 1. The van der Waals surface area contributed by atoms with E-state index in [4.69, 9.17) is 4.42 Å². The number of furan rings is 1. The molecule has 0 saturated heterocycles. The molecule has 0 amide bonds. The van der Waals surface area contributed by atoms with E-state index in [1.807, 2.05) is 12.1 Å². The molecule has 4 nitrogen and oxygen atoms in total. The zero-order valence-electron chi connectivity index (χ0n) is 14.6. The van der Waals surface area contributed by atoms with Crippen molar-refractivity contribution in [2.45, 2.75) is 52.4 Å². The van der Waals surface area contributed by atoms with Crippen molar-refractivity contribution in [2.75, 3.05) is 6.61 Å². The zero-order valence-corrected chi connectivity index (χ0v) is 14.6. The van der Waals surface area contributed by atoms with Gasteiger partial charge in [-0.3, -0.25) is 0 Å². The van der Waals surface area contributed by atoms with Crippen molar-refractivity contribution >= 4 is 5.97 Å². The fraction of sp³-hybridized carbons (Fsp3) is 0.650. The summed E-state index contributed by atoms with van der Waals surface area (Å²) in [6, 6.07) is 2.00. The highest BCUT2D eigenvalue weighted by Gasteiger charge is 2.57. The van der Waals surface area contributed by atoms with E-state index in [9.17, 15) is 15.0 Å². The Hall–Kier alpha value is -1.55. The monoisotopic (exact) mass is 332 g/mol. The molecule has 2 aliphatic carbocycles. The second kappa shape index (κ2) is 6.40. The number of aliphatic carboxylic acids is 1. The second-order valence-corrected chi connectivity index (χ2v) is 7.94. The average Bonchev–Trinajstić information content (AvgIpc) is 3.09. The second-order valence-electron chi connectivity index (χ2n) is 7.94. The number of fused-ring (bicyclic) bond motifs is 1. The fourth-order valence-electron chi connectivity index (χ4n) is 5.32. The van der Waals surface area contributed by atoms with Crippen molar-refractivity contribution in [3.8, 4) is 0 Å². The summed E-state index contributed by atoms with van der Waals surface area (Å²) in [5.41, 5.74) is 1.07. The van der Waals surface area contributed by atoms with Gasteiger partial charge in [0, 0.05) is 11.0 Å². The summed E-state index contributed by atoms with van der Waals surface area (Å²) in [5, 5.41) is 19.9. The van der Waals surface area contributed by atoms with Crippen LogP contribution in [0.4, 0.5) is 0 Å². The Morgan fingerprint density at radius 2 is 2.21 bits per heavy atom. The summed E-state index contributed by atoms with van der Waals surface area (Å²) in [4.78, 5) is 11.8. The lowest BCUT2D eigenvalue weighted by atomic mass is 9.46. The van der Waals surface area contributed by atoms with Gasteiger partial charge in [-0.2, -0.15) is 0 Å². The SMILES string of the molecule is C[C@@H]1CC[C@@]2(CO)C(C(=O)O)=CCC[C@@H]2[C@@]1(C)CCc1ccoc1. The topological polar surface area (TPSA) is 70.7 Å². The molecule has 1 aromatic heterocycles. The standard InChI is InChI=1S/C20H28O4/c1-14-6-10-20(13-21)16(18(22)23)4-3-5-17(20)19(14,2)9-7-15-8-11-24-12-15/h4,8,11-12,14,17,21H,3,5-7,9-10,13H2,1-2H3,(H,22,23)/t14-,17-,19+,20-/m1/s1. The number of allylic oxidation sites excluding steroid dienone is 1. The Labute approximate surface area is 143 Å². The van der Waals surface area contributed by atoms with Crippen LogP contribution in [0.2, 0.25) is 0 Å². The molecule has 1 fully saturated rings. The fourth-order valence-corrected chi connectivity index (χ4v) is 5.32. The minimum Gasteiger partial charge on any atom is -0.478 e. The van der Waals surface area contributed by atoms with Crippen LogP contribution < -0.4 is 0 Å². The van der Waals surface area contributed by atoms with Gasteiger partial charge in [-0.25, -0.2) is 4.79 Å². The van der Waals surface area contributed by atoms with Gasteiger partial charge in [0.15, 0.2) is 0 Å². The Morgan fingerprint density at radius 1 is 1.42 bits per heavy atom. The van der Waals surface area contributed by atoms with E-state index < -0.39 is 11.4 Å². The number of aliphatic hydroxyl groups excluding tert-OH is 1. The molecule has 0 spiro atoms. The molecule has 0 radical (unpaired) electrons. The van der Waals surface area contributed by atoms with Crippen LogP contribution in [0.25, 0.3) is 0 Å². The van der Waals surface area contributed by atoms with Crippen LogP contribution in [0.15, 0.2) is 34.7 Å². The van der Waals surface area contributed by atoms with E-state index in [2.05, 4.69) is 13.8 Å². The largest absolute Gasteiger partial charge is 0.478 e. The zero-order chi connectivity index (χ0) is 17.4. The number of carboxylic acid groups (broad SMARTS) is 1. The molecule has 4 heteroatoms. The number of hydrogen-bond donors (Lipinski definition) is 2. The molecule has 0 aromatic carbocycles. The molecule has 1 aromatic rings. The van der Waals surface area contributed by atoms with E-state index in [1.165, 1.54) is 5.56 Å². The third-order valence-corrected chi connectivity index (χ3v) is 7.00. The Morgan fingerprint density at radius 3 is 2.83 bits per heavy atom. The number of hydrogen-bond acceptors (Lipinski definition) is 3. The van der Waals surface area contributed by atoms with E-state index in [-0.39, 0.29) is 17.9 Å². The van der Waals surface area contributed by atoms with Crippen molar-refractivity contribution < 1.29 is 19.4 Å². The average molecular weight is 332 g/mol. The molecule has 132 valence electrons. The van der Waals surface area contributed by atoms with Crippen LogP contribution >= 0.6 is 0 Å². The maximum Gasteiger partial charge on any atom is 0.331 e. The summed E-state index contributed by atoms with van der Waals surface area (Å²) >= 11 is 0. The molecule has 0 unspecified atom stereocenters. The minimum atomic E-state index is -0.861. The molecule has 1 heterocycles. The predicted octanol–water partition coefficient (Wildman–Crippen LogP) is 4.05.